The largest absolute Gasteiger partial charge is 0.388 e. The molecule has 0 spiro atoms. The van der Waals surface area contributed by atoms with E-state index in [-0.39, 0.29) is 18.3 Å². The molecule has 1 rings (SSSR count). The van der Waals surface area contributed by atoms with Crippen LogP contribution in [0.1, 0.15) is 95.7 Å². The lowest BCUT2D eigenvalue weighted by Crippen LogP contribution is -2.36. The monoisotopic (exact) mass is 468 g/mol. The molecule has 0 aliphatic rings. The Kier molecular flexibility index (Phi) is 10.1. The molecule has 192 valence electrons. The zero-order chi connectivity index (χ0) is 25.9. The molecule has 0 aromatic heterocycles. The summed E-state index contributed by atoms with van der Waals surface area (Å²) in [7, 11) is 0. The maximum atomic E-state index is 10.3. The number of hydrogen-bond acceptors (Lipinski definition) is 6. The van der Waals surface area contributed by atoms with Crippen LogP contribution in [0, 0.1) is 20.8 Å². The molecule has 1 aromatic rings. The fourth-order valence-corrected chi connectivity index (χ4v) is 3.28. The summed E-state index contributed by atoms with van der Waals surface area (Å²) in [5.74, 6) is 0. The molecule has 6 heteroatoms. The van der Waals surface area contributed by atoms with Crippen LogP contribution in [0.3, 0.4) is 0 Å². The molecule has 1 aromatic carbocycles. The van der Waals surface area contributed by atoms with Crippen molar-refractivity contribution in [3.05, 3.63) is 33.4 Å². The van der Waals surface area contributed by atoms with E-state index in [0.29, 0.717) is 19.8 Å². The molecule has 6 nitrogen and oxygen atoms in total. The van der Waals surface area contributed by atoms with Gasteiger partial charge in [-0.1, -0.05) is 0 Å². The summed E-state index contributed by atoms with van der Waals surface area (Å²) < 4.78 is 18.2. The number of hydrogen-bond donors (Lipinski definition) is 3. The highest BCUT2D eigenvalue weighted by molar-refractivity contribution is 5.50. The highest BCUT2D eigenvalue weighted by Crippen LogP contribution is 2.31. The van der Waals surface area contributed by atoms with E-state index in [1.54, 1.807) is 41.5 Å². The minimum atomic E-state index is -0.950. The van der Waals surface area contributed by atoms with Crippen LogP contribution in [-0.4, -0.2) is 50.4 Å². The normalized spacial score (nSPS) is 16.1. The van der Waals surface area contributed by atoms with Gasteiger partial charge in [0, 0.05) is 0 Å². The van der Waals surface area contributed by atoms with Crippen LogP contribution in [0.25, 0.3) is 0 Å². The fourth-order valence-electron chi connectivity index (χ4n) is 3.28. The number of ether oxygens (including phenoxy) is 3. The van der Waals surface area contributed by atoms with Gasteiger partial charge < -0.3 is 29.5 Å². The Morgan fingerprint density at radius 2 is 0.697 bits per heavy atom. The molecular formula is C27H48O6. The van der Waals surface area contributed by atoms with E-state index >= 15 is 0 Å². The lowest BCUT2D eigenvalue weighted by Gasteiger charge is -2.30. The Bertz CT molecular complexity index is 654. The van der Waals surface area contributed by atoms with Crippen LogP contribution < -0.4 is 0 Å². The summed E-state index contributed by atoms with van der Waals surface area (Å²) in [6, 6.07) is 0. The molecule has 0 saturated heterocycles. The second kappa shape index (κ2) is 11.1. The lowest BCUT2D eigenvalue weighted by atomic mass is 9.88. The molecule has 0 aliphatic carbocycles. The molecule has 0 aliphatic heterocycles. The Morgan fingerprint density at radius 1 is 0.515 bits per heavy atom. The van der Waals surface area contributed by atoms with E-state index in [2.05, 4.69) is 20.8 Å². The topological polar surface area (TPSA) is 88.4 Å². The molecule has 33 heavy (non-hydrogen) atoms. The predicted octanol–water partition coefficient (Wildman–Crippen LogP) is 4.64. The Hall–Kier alpha value is -1.02. The van der Waals surface area contributed by atoms with Crippen molar-refractivity contribution < 1.29 is 29.5 Å². The summed E-state index contributed by atoms with van der Waals surface area (Å²) in [5, 5.41) is 30.9. The molecule has 0 bridgehead atoms. The van der Waals surface area contributed by atoms with Crippen molar-refractivity contribution in [2.24, 2.45) is 0 Å². The molecule has 0 amide bonds. The quantitative estimate of drug-likeness (QED) is 0.414. The molecule has 0 unspecified atom stereocenters. The molecule has 0 radical (unpaired) electrons. The van der Waals surface area contributed by atoms with Crippen molar-refractivity contribution >= 4 is 0 Å². The van der Waals surface area contributed by atoms with Crippen LogP contribution in [0.5, 0.6) is 0 Å². The third-order valence-electron chi connectivity index (χ3n) is 7.13. The molecule has 0 saturated carbocycles. The highest BCUT2D eigenvalue weighted by atomic mass is 16.5. The standard InChI is InChI=1S/C27H48O6/c1-16-22(13-31-19(4)25(7,8)28)17(2)24(15-33-21(6)27(11,12)30)18(3)23(16)14-32-20(5)26(9,10)29/h19-21,28-30H,13-15H2,1-12H3/t19-,20-,21-/m0/s1. The third kappa shape index (κ3) is 8.30. The molecular weight excluding hydrogens is 420 g/mol. The summed E-state index contributed by atoms with van der Waals surface area (Å²) in [6.45, 7) is 23.3. The molecule has 3 atom stereocenters. The van der Waals surface area contributed by atoms with Crippen molar-refractivity contribution in [2.45, 2.75) is 138 Å². The first kappa shape index (κ1) is 30.0. The van der Waals surface area contributed by atoms with E-state index in [1.807, 2.05) is 20.8 Å². The van der Waals surface area contributed by atoms with Crippen molar-refractivity contribution in [1.82, 2.24) is 0 Å². The first-order chi connectivity index (χ1) is 14.8. The molecule has 0 fully saturated rings. The Labute approximate surface area is 201 Å². The van der Waals surface area contributed by atoms with Gasteiger partial charge in [0.1, 0.15) is 0 Å². The van der Waals surface area contributed by atoms with Gasteiger partial charge in [-0.05, 0) is 116 Å². The summed E-state index contributed by atoms with van der Waals surface area (Å²) in [6.07, 6.45) is -1.03. The number of benzene rings is 1. The van der Waals surface area contributed by atoms with Gasteiger partial charge >= 0.3 is 0 Å². The lowest BCUT2D eigenvalue weighted by molar-refractivity contribution is -0.0878. The Balaban J connectivity index is 3.38. The second-order valence-corrected chi connectivity index (χ2v) is 11.1. The number of aliphatic hydroxyl groups is 3. The maximum absolute atomic E-state index is 10.3. The molecule has 3 N–H and O–H groups in total. The Morgan fingerprint density at radius 3 is 0.848 bits per heavy atom. The van der Waals surface area contributed by atoms with E-state index in [0.717, 1.165) is 33.4 Å². The van der Waals surface area contributed by atoms with Crippen molar-refractivity contribution in [2.75, 3.05) is 0 Å². The van der Waals surface area contributed by atoms with Gasteiger partial charge in [-0.2, -0.15) is 0 Å². The zero-order valence-electron chi connectivity index (χ0n) is 22.9. The van der Waals surface area contributed by atoms with Gasteiger partial charge in [-0.15, -0.1) is 0 Å². The average molecular weight is 469 g/mol. The van der Waals surface area contributed by atoms with Gasteiger partial charge in [0.05, 0.1) is 54.9 Å². The van der Waals surface area contributed by atoms with Gasteiger partial charge in [0.25, 0.3) is 0 Å². The second-order valence-electron chi connectivity index (χ2n) is 11.1. The average Bonchev–Trinajstić information content (AvgIpc) is 2.64. The summed E-state index contributed by atoms with van der Waals surface area (Å²) >= 11 is 0. The zero-order valence-corrected chi connectivity index (χ0v) is 22.9. The third-order valence-corrected chi connectivity index (χ3v) is 7.13. The van der Waals surface area contributed by atoms with Crippen molar-refractivity contribution in [1.29, 1.82) is 0 Å². The van der Waals surface area contributed by atoms with Crippen LogP contribution in [0.15, 0.2) is 0 Å². The minimum Gasteiger partial charge on any atom is -0.388 e. The summed E-state index contributed by atoms with van der Waals surface area (Å²) in [5.41, 5.74) is 3.51. The highest BCUT2D eigenvalue weighted by Gasteiger charge is 2.28. The first-order valence-electron chi connectivity index (χ1n) is 11.9. The van der Waals surface area contributed by atoms with E-state index in [1.165, 1.54) is 0 Å². The predicted molar refractivity (Wildman–Crippen MR) is 132 cm³/mol. The van der Waals surface area contributed by atoms with Gasteiger partial charge in [0.15, 0.2) is 0 Å². The van der Waals surface area contributed by atoms with E-state index in [4.69, 9.17) is 14.2 Å². The smallest absolute Gasteiger partial charge is 0.0849 e. The summed E-state index contributed by atoms with van der Waals surface area (Å²) in [4.78, 5) is 0. The minimum absolute atomic E-state index is 0.345. The van der Waals surface area contributed by atoms with Crippen molar-refractivity contribution in [3.8, 4) is 0 Å². The SMILES string of the molecule is Cc1c(CO[C@@H](C)C(C)(C)O)c(C)c(CO[C@@H](C)C(C)(C)O)c(C)c1CO[C@@H](C)C(C)(C)O. The van der Waals surface area contributed by atoms with Crippen LogP contribution in [0.4, 0.5) is 0 Å². The molecule has 0 heterocycles. The maximum Gasteiger partial charge on any atom is 0.0849 e. The van der Waals surface area contributed by atoms with Gasteiger partial charge in [-0.3, -0.25) is 0 Å². The van der Waals surface area contributed by atoms with Crippen LogP contribution in [-0.2, 0) is 34.0 Å². The van der Waals surface area contributed by atoms with Crippen molar-refractivity contribution in [3.63, 3.8) is 0 Å². The van der Waals surface area contributed by atoms with Crippen LogP contribution >= 0.6 is 0 Å². The fraction of sp³-hybridized carbons (Fsp3) is 0.778. The number of rotatable bonds is 12. The van der Waals surface area contributed by atoms with E-state index in [9.17, 15) is 15.3 Å². The van der Waals surface area contributed by atoms with E-state index < -0.39 is 16.8 Å². The van der Waals surface area contributed by atoms with Gasteiger partial charge in [0.2, 0.25) is 0 Å². The first-order valence-corrected chi connectivity index (χ1v) is 11.9. The van der Waals surface area contributed by atoms with Gasteiger partial charge in [-0.25, -0.2) is 0 Å². The van der Waals surface area contributed by atoms with Crippen LogP contribution in [0.2, 0.25) is 0 Å².